The van der Waals surface area contributed by atoms with E-state index in [1.807, 2.05) is 33.8 Å². The van der Waals surface area contributed by atoms with Crippen LogP contribution >= 0.6 is 0 Å². The fourth-order valence-corrected chi connectivity index (χ4v) is 7.34. The number of carbonyl (C=O) groups is 3. The van der Waals surface area contributed by atoms with Crippen LogP contribution in [0.15, 0.2) is 41.5 Å². The quantitative estimate of drug-likeness (QED) is 0.498. The first-order chi connectivity index (χ1) is 16.9. The van der Waals surface area contributed by atoms with Gasteiger partial charge in [0.15, 0.2) is 11.9 Å². The maximum absolute atomic E-state index is 14.6. The Morgan fingerprint density at radius 2 is 1.81 bits per heavy atom. The molecular weight excluding hydrogens is 460 g/mol. The van der Waals surface area contributed by atoms with Gasteiger partial charge in [0.1, 0.15) is 6.10 Å². The van der Waals surface area contributed by atoms with Crippen molar-refractivity contribution in [1.82, 2.24) is 0 Å². The van der Waals surface area contributed by atoms with Crippen molar-refractivity contribution in [3.8, 4) is 0 Å². The van der Waals surface area contributed by atoms with Crippen molar-refractivity contribution in [3.05, 3.63) is 47.0 Å². The van der Waals surface area contributed by atoms with Gasteiger partial charge in [-0.05, 0) is 56.7 Å². The molecule has 2 bridgehead atoms. The van der Waals surface area contributed by atoms with Crippen LogP contribution in [0.1, 0.15) is 70.7 Å². The van der Waals surface area contributed by atoms with Gasteiger partial charge in [0.25, 0.3) is 0 Å². The van der Waals surface area contributed by atoms with E-state index in [4.69, 9.17) is 14.2 Å². The van der Waals surface area contributed by atoms with Crippen LogP contribution < -0.4 is 0 Å². The number of hydrogen-bond donors (Lipinski definition) is 1. The summed E-state index contributed by atoms with van der Waals surface area (Å²) >= 11 is 0. The zero-order chi connectivity index (χ0) is 26.0. The number of fused-ring (bicyclic) bond motifs is 5. The van der Waals surface area contributed by atoms with Gasteiger partial charge in [0.05, 0.1) is 29.3 Å². The SMILES string of the molecule is CC(=O)OC1C(=O)C2(C)C(OC(=O)c3ccccc3)CC3OCC3C2CC2(O)CCC(C)=C1C2(C)C. The van der Waals surface area contributed by atoms with Crippen LogP contribution in [0.3, 0.4) is 0 Å². The molecule has 7 unspecified atom stereocenters. The number of esters is 2. The average Bonchev–Trinajstić information content (AvgIpc) is 2.80. The fourth-order valence-electron chi connectivity index (χ4n) is 7.34. The van der Waals surface area contributed by atoms with Crippen molar-refractivity contribution in [2.45, 2.75) is 84.2 Å². The number of ketones is 1. The molecule has 1 heterocycles. The monoisotopic (exact) mass is 496 g/mol. The molecule has 1 aromatic carbocycles. The molecule has 0 aromatic heterocycles. The van der Waals surface area contributed by atoms with E-state index in [0.717, 1.165) is 5.57 Å². The van der Waals surface area contributed by atoms with Gasteiger partial charge in [0, 0.05) is 24.7 Å². The van der Waals surface area contributed by atoms with Gasteiger partial charge in [-0.25, -0.2) is 4.79 Å². The molecular formula is C29H36O7. The highest BCUT2D eigenvalue weighted by Gasteiger charge is 2.67. The summed E-state index contributed by atoms with van der Waals surface area (Å²) in [6.45, 7) is 9.47. The largest absolute Gasteiger partial charge is 0.458 e. The molecule has 0 spiro atoms. The van der Waals surface area contributed by atoms with E-state index in [2.05, 4.69) is 0 Å². The molecule has 0 amide bonds. The zero-order valence-electron chi connectivity index (χ0n) is 21.7. The maximum atomic E-state index is 14.6. The zero-order valence-corrected chi connectivity index (χ0v) is 21.7. The molecule has 5 rings (SSSR count). The summed E-state index contributed by atoms with van der Waals surface area (Å²) in [5.41, 5.74) is -1.01. The molecule has 1 N–H and O–H groups in total. The van der Waals surface area contributed by atoms with Crippen LogP contribution in [0.2, 0.25) is 0 Å². The highest BCUT2D eigenvalue weighted by atomic mass is 16.6. The van der Waals surface area contributed by atoms with E-state index in [-0.39, 0.29) is 23.7 Å². The standard InChI is InChI=1S/C29H36O7/c1-16-11-12-29(33)14-20-19-15-34-21(19)13-22(36-26(32)18-9-7-6-8-10-18)28(20,5)25(31)24(35-17(2)30)23(16)27(29,3)4/h6-10,19-22,24,33H,11-15H2,1-5H3. The minimum atomic E-state index is -1.16. The van der Waals surface area contributed by atoms with Crippen molar-refractivity contribution in [3.63, 3.8) is 0 Å². The lowest BCUT2D eigenvalue weighted by Gasteiger charge is -2.62. The Morgan fingerprint density at radius 1 is 1.11 bits per heavy atom. The molecule has 36 heavy (non-hydrogen) atoms. The van der Waals surface area contributed by atoms with Crippen molar-refractivity contribution in [1.29, 1.82) is 0 Å². The fraction of sp³-hybridized carbons (Fsp3) is 0.621. The predicted molar refractivity (Wildman–Crippen MR) is 131 cm³/mol. The molecule has 2 saturated carbocycles. The van der Waals surface area contributed by atoms with E-state index in [1.54, 1.807) is 24.3 Å². The van der Waals surface area contributed by atoms with Gasteiger partial charge in [-0.15, -0.1) is 0 Å². The van der Waals surface area contributed by atoms with E-state index in [9.17, 15) is 19.5 Å². The normalized spacial score (nSPS) is 39.1. The molecule has 194 valence electrons. The van der Waals surface area contributed by atoms with Crippen LogP contribution in [0.5, 0.6) is 0 Å². The Labute approximate surface area is 212 Å². The van der Waals surface area contributed by atoms with Crippen molar-refractivity contribution >= 4 is 17.7 Å². The Hall–Kier alpha value is -2.51. The van der Waals surface area contributed by atoms with Gasteiger partial charge < -0.3 is 19.3 Å². The van der Waals surface area contributed by atoms with Crippen molar-refractivity contribution < 1.29 is 33.7 Å². The van der Waals surface area contributed by atoms with E-state index < -0.39 is 40.6 Å². The molecule has 1 saturated heterocycles. The second-order valence-corrected chi connectivity index (χ2v) is 11.8. The number of aliphatic hydroxyl groups is 1. The van der Waals surface area contributed by atoms with Crippen LogP contribution in [0, 0.1) is 22.7 Å². The first kappa shape index (κ1) is 25.2. The molecule has 1 aliphatic heterocycles. The van der Waals surface area contributed by atoms with Crippen LogP contribution in [-0.2, 0) is 23.8 Å². The molecule has 0 radical (unpaired) electrons. The summed E-state index contributed by atoms with van der Waals surface area (Å²) in [6.07, 6.45) is -0.134. The third-order valence-electron chi connectivity index (χ3n) is 9.72. The third-order valence-corrected chi connectivity index (χ3v) is 9.72. The number of benzene rings is 1. The highest BCUT2D eigenvalue weighted by molar-refractivity contribution is 5.95. The Balaban J connectivity index is 1.64. The lowest BCUT2D eigenvalue weighted by Crippen LogP contribution is -2.69. The number of allylic oxidation sites excluding steroid dienone is 1. The second kappa shape index (κ2) is 8.52. The molecule has 3 fully saturated rings. The van der Waals surface area contributed by atoms with Gasteiger partial charge in [-0.2, -0.15) is 0 Å². The minimum absolute atomic E-state index is 0.0528. The lowest BCUT2D eigenvalue weighted by molar-refractivity contribution is -0.242. The summed E-state index contributed by atoms with van der Waals surface area (Å²) in [5, 5.41) is 12.2. The molecule has 7 atom stereocenters. The number of Topliss-reactive ketones (excluding diaryl/α,β-unsaturated/α-hetero) is 1. The molecule has 3 aliphatic carbocycles. The third kappa shape index (κ3) is 3.58. The Kier molecular flexibility index (Phi) is 5.95. The second-order valence-electron chi connectivity index (χ2n) is 11.8. The molecule has 7 nitrogen and oxygen atoms in total. The Bertz CT molecular complexity index is 1120. The first-order valence-electron chi connectivity index (χ1n) is 12.9. The van der Waals surface area contributed by atoms with Gasteiger partial charge in [0.2, 0.25) is 0 Å². The average molecular weight is 497 g/mol. The first-order valence-corrected chi connectivity index (χ1v) is 12.9. The van der Waals surface area contributed by atoms with E-state index in [1.165, 1.54) is 6.92 Å². The van der Waals surface area contributed by atoms with Crippen molar-refractivity contribution in [2.75, 3.05) is 6.61 Å². The number of ether oxygens (including phenoxy) is 3. The molecule has 4 aliphatic rings. The maximum Gasteiger partial charge on any atom is 0.338 e. The summed E-state index contributed by atoms with van der Waals surface area (Å²) in [7, 11) is 0. The smallest absolute Gasteiger partial charge is 0.338 e. The summed E-state index contributed by atoms with van der Waals surface area (Å²) in [4.78, 5) is 40.0. The lowest BCUT2D eigenvalue weighted by atomic mass is 9.47. The predicted octanol–water partition coefficient (Wildman–Crippen LogP) is 4.03. The highest BCUT2D eigenvalue weighted by Crippen LogP contribution is 2.61. The molecule has 1 aromatic rings. The summed E-state index contributed by atoms with van der Waals surface area (Å²) in [6, 6.07) is 8.70. The van der Waals surface area contributed by atoms with Crippen LogP contribution in [-0.4, -0.2) is 53.3 Å². The van der Waals surface area contributed by atoms with Crippen LogP contribution in [0.25, 0.3) is 0 Å². The number of carbonyl (C=O) groups excluding carboxylic acids is 3. The van der Waals surface area contributed by atoms with Crippen molar-refractivity contribution in [2.24, 2.45) is 22.7 Å². The summed E-state index contributed by atoms with van der Waals surface area (Å²) in [5.74, 6) is -1.57. The van der Waals surface area contributed by atoms with Crippen LogP contribution in [0.4, 0.5) is 0 Å². The minimum Gasteiger partial charge on any atom is -0.458 e. The van der Waals surface area contributed by atoms with Gasteiger partial charge >= 0.3 is 11.9 Å². The van der Waals surface area contributed by atoms with Gasteiger partial charge in [-0.1, -0.05) is 37.6 Å². The number of rotatable bonds is 3. The van der Waals surface area contributed by atoms with Gasteiger partial charge in [-0.3, -0.25) is 9.59 Å². The Morgan fingerprint density at radius 3 is 2.42 bits per heavy atom. The summed E-state index contributed by atoms with van der Waals surface area (Å²) < 4.78 is 17.7. The molecule has 7 heteroatoms. The number of hydrogen-bond acceptors (Lipinski definition) is 7. The van der Waals surface area contributed by atoms with E-state index in [0.29, 0.717) is 43.4 Å². The topological polar surface area (TPSA) is 99.1 Å². The van der Waals surface area contributed by atoms with E-state index >= 15 is 0 Å².